The molecule has 102 valence electrons. The zero-order valence-corrected chi connectivity index (χ0v) is 12.1. The molecule has 0 unspecified atom stereocenters. The molecule has 20 heavy (non-hydrogen) atoms. The number of para-hydroxylation sites is 1. The van der Waals surface area contributed by atoms with Crippen LogP contribution in [0.4, 0.5) is 5.69 Å². The molecule has 1 saturated heterocycles. The minimum atomic E-state index is 0.218. The molecule has 0 aromatic heterocycles. The Morgan fingerprint density at radius 3 is 2.75 bits per heavy atom. The van der Waals surface area contributed by atoms with Crippen molar-refractivity contribution in [2.45, 2.75) is 29.3 Å². The Labute approximate surface area is 123 Å². The Morgan fingerprint density at radius 2 is 1.85 bits per heavy atom. The van der Waals surface area contributed by atoms with Crippen molar-refractivity contribution in [2.24, 2.45) is 0 Å². The molecule has 2 heterocycles. The van der Waals surface area contributed by atoms with E-state index in [0.29, 0.717) is 5.25 Å². The van der Waals surface area contributed by atoms with Gasteiger partial charge < -0.3 is 9.64 Å². The highest BCUT2D eigenvalue weighted by Gasteiger charge is 2.39. The second kappa shape index (κ2) is 5.15. The Morgan fingerprint density at radius 1 is 1.05 bits per heavy atom. The fraction of sp³-hybridized carbons (Fsp3) is 0.294. The Hall–Kier alpha value is -1.45. The molecule has 0 spiro atoms. The van der Waals surface area contributed by atoms with E-state index in [1.54, 1.807) is 0 Å². The van der Waals surface area contributed by atoms with Crippen molar-refractivity contribution in [3.05, 3.63) is 60.2 Å². The lowest BCUT2D eigenvalue weighted by molar-refractivity contribution is 0.107. The van der Waals surface area contributed by atoms with Crippen LogP contribution in [0.1, 0.15) is 12.0 Å². The molecule has 0 N–H and O–H groups in total. The van der Waals surface area contributed by atoms with E-state index in [9.17, 15) is 0 Å². The largest absolute Gasteiger partial charge is 0.357 e. The molecular weight excluding hydrogens is 266 g/mol. The molecule has 0 bridgehead atoms. The summed E-state index contributed by atoms with van der Waals surface area (Å²) >= 11 is 1.98. The van der Waals surface area contributed by atoms with Crippen molar-refractivity contribution in [3.8, 4) is 0 Å². The normalized spacial score (nSPS) is 24.3. The van der Waals surface area contributed by atoms with E-state index in [1.807, 2.05) is 11.8 Å². The predicted molar refractivity (Wildman–Crippen MR) is 83.1 cm³/mol. The number of benzene rings is 2. The molecule has 0 saturated carbocycles. The Bertz CT molecular complexity index is 601. The second-order valence-corrected chi connectivity index (χ2v) is 6.57. The molecular formula is C17H17NOS. The van der Waals surface area contributed by atoms with Gasteiger partial charge >= 0.3 is 0 Å². The average molecular weight is 283 g/mol. The number of thioether (sulfide) groups is 1. The first-order valence-electron chi connectivity index (χ1n) is 7.10. The highest BCUT2D eigenvalue weighted by atomic mass is 32.2. The van der Waals surface area contributed by atoms with Crippen LogP contribution in [0.15, 0.2) is 59.5 Å². The smallest absolute Gasteiger partial charge is 0.142 e. The van der Waals surface area contributed by atoms with Crippen LogP contribution >= 0.6 is 11.8 Å². The lowest BCUT2D eigenvalue weighted by Gasteiger charge is -2.39. The molecule has 3 heteroatoms. The topological polar surface area (TPSA) is 12.5 Å². The minimum Gasteiger partial charge on any atom is -0.357 e. The van der Waals surface area contributed by atoms with Crippen molar-refractivity contribution >= 4 is 17.4 Å². The van der Waals surface area contributed by atoms with Crippen molar-refractivity contribution in [1.29, 1.82) is 0 Å². The fourth-order valence-corrected chi connectivity index (χ4v) is 4.36. The summed E-state index contributed by atoms with van der Waals surface area (Å²) in [6, 6.07) is 19.3. The summed E-state index contributed by atoms with van der Waals surface area (Å²) in [5.74, 6) is 0. The lowest BCUT2D eigenvalue weighted by atomic mass is 10.1. The van der Waals surface area contributed by atoms with Gasteiger partial charge in [0.15, 0.2) is 0 Å². The third kappa shape index (κ3) is 2.11. The average Bonchev–Trinajstić information content (AvgIpc) is 2.96. The van der Waals surface area contributed by atoms with Gasteiger partial charge in [-0.2, -0.15) is 0 Å². The minimum absolute atomic E-state index is 0.218. The van der Waals surface area contributed by atoms with Gasteiger partial charge in [0.25, 0.3) is 0 Å². The Balaban J connectivity index is 1.71. The Kier molecular flexibility index (Phi) is 3.17. The number of fused-ring (bicyclic) bond motifs is 2. The molecule has 2 aliphatic heterocycles. The predicted octanol–water partition coefficient (Wildman–Crippen LogP) is 3.91. The van der Waals surface area contributed by atoms with Crippen LogP contribution in [-0.2, 0) is 11.3 Å². The van der Waals surface area contributed by atoms with Crippen molar-refractivity contribution < 1.29 is 4.74 Å². The van der Waals surface area contributed by atoms with E-state index >= 15 is 0 Å². The second-order valence-electron chi connectivity index (χ2n) is 5.29. The first-order valence-corrected chi connectivity index (χ1v) is 7.98. The van der Waals surface area contributed by atoms with Gasteiger partial charge in [-0.25, -0.2) is 0 Å². The standard InChI is InChI=1S/C17H17NOS/c1-2-6-13(7-3-1)12-18-14-8-4-5-9-15(14)20-16-10-11-19-17(16)18/h1-9,16-17H,10-12H2/t16-,17+/m0/s1. The summed E-state index contributed by atoms with van der Waals surface area (Å²) < 4.78 is 6.00. The van der Waals surface area contributed by atoms with E-state index < -0.39 is 0 Å². The fourth-order valence-electron chi connectivity index (χ4n) is 3.01. The number of nitrogens with zero attached hydrogens (tertiary/aromatic N) is 1. The molecule has 0 aliphatic carbocycles. The van der Waals surface area contributed by atoms with Gasteiger partial charge in [0, 0.05) is 11.4 Å². The van der Waals surface area contributed by atoms with Gasteiger partial charge in [0.2, 0.25) is 0 Å². The van der Waals surface area contributed by atoms with Crippen LogP contribution in [-0.4, -0.2) is 18.1 Å². The maximum Gasteiger partial charge on any atom is 0.142 e. The highest BCUT2D eigenvalue weighted by molar-refractivity contribution is 8.00. The zero-order valence-electron chi connectivity index (χ0n) is 11.2. The third-order valence-electron chi connectivity index (χ3n) is 3.96. The monoisotopic (exact) mass is 283 g/mol. The summed E-state index contributed by atoms with van der Waals surface area (Å²) in [6.07, 6.45) is 1.37. The van der Waals surface area contributed by atoms with Gasteiger partial charge in [0.1, 0.15) is 6.23 Å². The summed E-state index contributed by atoms with van der Waals surface area (Å²) in [7, 11) is 0. The van der Waals surface area contributed by atoms with Crippen LogP contribution in [0.2, 0.25) is 0 Å². The summed E-state index contributed by atoms with van der Waals surface area (Å²) in [4.78, 5) is 3.81. The maximum absolute atomic E-state index is 6.00. The van der Waals surface area contributed by atoms with Crippen molar-refractivity contribution in [2.75, 3.05) is 11.5 Å². The van der Waals surface area contributed by atoms with Gasteiger partial charge in [0.05, 0.1) is 17.5 Å². The molecule has 2 atom stereocenters. The van der Waals surface area contributed by atoms with E-state index in [2.05, 4.69) is 59.5 Å². The molecule has 2 aromatic rings. The summed E-state index contributed by atoms with van der Waals surface area (Å²) in [5, 5.41) is 0.564. The first-order chi connectivity index (χ1) is 9.92. The van der Waals surface area contributed by atoms with E-state index in [-0.39, 0.29) is 6.23 Å². The SMILES string of the molecule is c1ccc(CN2c3ccccc3S[C@H]3CCO[C@H]32)cc1. The summed E-state index contributed by atoms with van der Waals surface area (Å²) in [5.41, 5.74) is 2.65. The van der Waals surface area contributed by atoms with Crippen LogP contribution in [0.3, 0.4) is 0 Å². The number of anilines is 1. The number of rotatable bonds is 2. The number of ether oxygens (including phenoxy) is 1. The quantitative estimate of drug-likeness (QED) is 0.829. The van der Waals surface area contributed by atoms with Gasteiger partial charge in [-0.15, -0.1) is 11.8 Å². The van der Waals surface area contributed by atoms with Crippen molar-refractivity contribution in [3.63, 3.8) is 0 Å². The number of hydrogen-bond acceptors (Lipinski definition) is 3. The molecule has 0 amide bonds. The third-order valence-corrected chi connectivity index (χ3v) is 5.34. The van der Waals surface area contributed by atoms with Crippen LogP contribution in [0.5, 0.6) is 0 Å². The van der Waals surface area contributed by atoms with E-state index in [4.69, 9.17) is 4.74 Å². The van der Waals surface area contributed by atoms with Gasteiger partial charge in [-0.05, 0) is 24.1 Å². The van der Waals surface area contributed by atoms with Crippen LogP contribution in [0.25, 0.3) is 0 Å². The van der Waals surface area contributed by atoms with Crippen molar-refractivity contribution in [1.82, 2.24) is 0 Å². The van der Waals surface area contributed by atoms with Gasteiger partial charge in [-0.1, -0.05) is 42.5 Å². The van der Waals surface area contributed by atoms with Gasteiger partial charge in [-0.3, -0.25) is 0 Å². The first kappa shape index (κ1) is 12.3. The number of hydrogen-bond donors (Lipinski definition) is 0. The maximum atomic E-state index is 6.00. The molecule has 2 nitrogen and oxygen atoms in total. The molecule has 1 fully saturated rings. The molecule has 2 aromatic carbocycles. The van der Waals surface area contributed by atoms with E-state index in [0.717, 1.165) is 19.6 Å². The summed E-state index contributed by atoms with van der Waals surface area (Å²) in [6.45, 7) is 1.79. The molecule has 0 radical (unpaired) electrons. The lowest BCUT2D eigenvalue weighted by Crippen LogP contribution is -2.42. The van der Waals surface area contributed by atoms with E-state index in [1.165, 1.54) is 16.1 Å². The molecule has 2 aliphatic rings. The van der Waals surface area contributed by atoms with Crippen LogP contribution in [0, 0.1) is 0 Å². The van der Waals surface area contributed by atoms with Crippen LogP contribution < -0.4 is 4.90 Å². The molecule has 4 rings (SSSR count). The zero-order chi connectivity index (χ0) is 13.4. The highest BCUT2D eigenvalue weighted by Crippen LogP contribution is 2.45.